The summed E-state index contributed by atoms with van der Waals surface area (Å²) >= 11 is 0. The zero-order chi connectivity index (χ0) is 31.9. The van der Waals surface area contributed by atoms with Gasteiger partial charge in [0.2, 0.25) is 11.8 Å². The number of fused-ring (bicyclic) bond motifs is 6. The number of carbonyl (C=O) groups is 3. The van der Waals surface area contributed by atoms with Crippen LogP contribution < -0.4 is 14.8 Å². The SMILES string of the molecule is COc1cc(C=O)cc2c1O[C@@H]1[C@@H](O)[C@H](N(CCc3cc4ccccc4[nH]3)C(=O)CC3CC4CCC3C4)C=C(C(=O)NCCO)[C@H]21. The first-order chi connectivity index (χ1) is 22.4. The van der Waals surface area contributed by atoms with Gasteiger partial charge in [0.1, 0.15) is 18.5 Å². The number of aliphatic hydroxyl groups is 2. The molecule has 2 aromatic carbocycles. The summed E-state index contributed by atoms with van der Waals surface area (Å²) in [6.07, 6.45) is 5.93. The smallest absolute Gasteiger partial charge is 0.247 e. The van der Waals surface area contributed by atoms with Crippen molar-refractivity contribution in [3.05, 3.63) is 70.9 Å². The van der Waals surface area contributed by atoms with Gasteiger partial charge in [-0.2, -0.15) is 0 Å². The molecule has 4 aliphatic rings. The van der Waals surface area contributed by atoms with E-state index in [4.69, 9.17) is 9.47 Å². The van der Waals surface area contributed by atoms with Gasteiger partial charge >= 0.3 is 0 Å². The Morgan fingerprint density at radius 2 is 2.02 bits per heavy atom. The van der Waals surface area contributed by atoms with E-state index in [1.807, 2.05) is 24.3 Å². The molecule has 1 aromatic heterocycles. The molecular weight excluding hydrogens is 586 g/mol. The molecule has 2 heterocycles. The number of nitrogens with one attached hydrogen (secondary N) is 2. The molecule has 10 heteroatoms. The van der Waals surface area contributed by atoms with E-state index in [1.54, 1.807) is 23.1 Å². The molecule has 2 amide bonds. The number of aliphatic hydroxyl groups excluding tert-OH is 2. The van der Waals surface area contributed by atoms with Crippen LogP contribution in [0.4, 0.5) is 0 Å². The van der Waals surface area contributed by atoms with Crippen molar-refractivity contribution in [3.63, 3.8) is 0 Å². The Bertz CT molecular complexity index is 1650. The highest BCUT2D eigenvalue weighted by Gasteiger charge is 2.52. The van der Waals surface area contributed by atoms with E-state index in [0.29, 0.717) is 71.6 Å². The van der Waals surface area contributed by atoms with Gasteiger partial charge in [-0.1, -0.05) is 24.6 Å². The largest absolute Gasteiger partial charge is 0.493 e. The maximum Gasteiger partial charge on any atom is 0.247 e. The van der Waals surface area contributed by atoms with E-state index in [-0.39, 0.29) is 19.1 Å². The number of aromatic nitrogens is 1. The molecule has 2 saturated carbocycles. The topological polar surface area (TPSA) is 141 Å². The molecule has 2 fully saturated rings. The van der Waals surface area contributed by atoms with Gasteiger partial charge in [0.25, 0.3) is 0 Å². The van der Waals surface area contributed by atoms with E-state index >= 15 is 0 Å². The lowest BCUT2D eigenvalue weighted by atomic mass is 9.77. The molecule has 0 radical (unpaired) electrons. The molecule has 242 valence electrons. The molecule has 3 aliphatic carbocycles. The average Bonchev–Trinajstić information content (AvgIpc) is 3.87. The minimum Gasteiger partial charge on any atom is -0.493 e. The number of ether oxygens (including phenoxy) is 2. The molecule has 3 unspecified atom stereocenters. The number of carbonyl (C=O) groups excluding carboxylic acids is 3. The predicted octanol–water partition coefficient (Wildman–Crippen LogP) is 3.51. The fourth-order valence-corrected chi connectivity index (χ4v) is 8.48. The molecule has 3 aromatic rings. The second-order valence-electron chi connectivity index (χ2n) is 13.3. The summed E-state index contributed by atoms with van der Waals surface area (Å²) in [4.78, 5) is 44.9. The number of H-pyrrole nitrogens is 1. The number of methoxy groups -OCH3 is 1. The normalized spacial score (nSPS) is 27.5. The van der Waals surface area contributed by atoms with E-state index in [2.05, 4.69) is 16.4 Å². The van der Waals surface area contributed by atoms with Crippen molar-refractivity contribution >= 4 is 29.0 Å². The highest BCUT2D eigenvalue weighted by atomic mass is 16.5. The van der Waals surface area contributed by atoms with Crippen LogP contribution in [0.1, 0.15) is 59.6 Å². The lowest BCUT2D eigenvalue weighted by molar-refractivity contribution is -0.138. The van der Waals surface area contributed by atoms with Crippen LogP contribution in [0.3, 0.4) is 0 Å². The molecule has 0 saturated heterocycles. The zero-order valence-electron chi connectivity index (χ0n) is 26.0. The van der Waals surface area contributed by atoms with Crippen LogP contribution in [0.15, 0.2) is 54.1 Å². The second kappa shape index (κ2) is 12.6. The van der Waals surface area contributed by atoms with Gasteiger partial charge in [0.15, 0.2) is 11.5 Å². The van der Waals surface area contributed by atoms with Gasteiger partial charge in [-0.15, -0.1) is 0 Å². The van der Waals surface area contributed by atoms with E-state index in [1.165, 1.54) is 26.4 Å². The van der Waals surface area contributed by atoms with Gasteiger partial charge in [-0.25, -0.2) is 0 Å². The van der Waals surface area contributed by atoms with Gasteiger partial charge < -0.3 is 34.9 Å². The molecule has 0 spiro atoms. The zero-order valence-corrected chi connectivity index (χ0v) is 26.0. The lowest BCUT2D eigenvalue weighted by Gasteiger charge is -2.41. The summed E-state index contributed by atoms with van der Waals surface area (Å²) < 4.78 is 11.9. The van der Waals surface area contributed by atoms with E-state index in [9.17, 15) is 24.6 Å². The number of aromatic amines is 1. The summed E-state index contributed by atoms with van der Waals surface area (Å²) in [5.74, 6) is 1.10. The molecular formula is C36H41N3O7. The molecule has 4 N–H and O–H groups in total. The summed E-state index contributed by atoms with van der Waals surface area (Å²) in [5, 5.41) is 25.3. The van der Waals surface area contributed by atoms with Crippen molar-refractivity contribution in [3.8, 4) is 11.5 Å². The number of nitrogens with zero attached hydrogens (tertiary/aromatic N) is 1. The fraction of sp³-hybridized carbons (Fsp3) is 0.472. The number of aldehydes is 1. The average molecular weight is 628 g/mol. The summed E-state index contributed by atoms with van der Waals surface area (Å²) in [6, 6.07) is 12.5. The van der Waals surface area contributed by atoms with E-state index < -0.39 is 30.1 Å². The Balaban J connectivity index is 1.25. The van der Waals surface area contributed by atoms with Crippen molar-refractivity contribution in [1.29, 1.82) is 0 Å². The number of hydrogen-bond donors (Lipinski definition) is 4. The molecule has 46 heavy (non-hydrogen) atoms. The standard InChI is InChI=1S/C36H41N3O7/c1-45-30-15-21(19-41)14-26-32-27(36(44)37-9-11-40)18-29(33(43)35(32)46-34(26)30)39(31(42)17-24-13-20-6-7-22(24)12-20)10-8-25-16-23-4-2-3-5-28(23)38-25/h2-5,14-16,18-20,22,24,29,32-33,35,38,40,43H,6-13,17H2,1H3,(H,37,44)/t20?,22?,24?,29-,32+,33+,35+/m1/s1. The summed E-state index contributed by atoms with van der Waals surface area (Å²) in [7, 11) is 1.47. The monoisotopic (exact) mass is 627 g/mol. The fourth-order valence-electron chi connectivity index (χ4n) is 8.48. The third kappa shape index (κ3) is 5.47. The molecule has 7 atom stereocenters. The predicted molar refractivity (Wildman–Crippen MR) is 171 cm³/mol. The van der Waals surface area contributed by atoms with Crippen LogP contribution in [0.2, 0.25) is 0 Å². The van der Waals surface area contributed by atoms with Gasteiger partial charge in [0.05, 0.1) is 25.7 Å². The molecule has 2 bridgehead atoms. The first kappa shape index (κ1) is 30.5. The van der Waals surface area contributed by atoms with Crippen molar-refractivity contribution < 1.29 is 34.1 Å². The molecule has 7 rings (SSSR count). The number of para-hydroxylation sites is 1. The minimum atomic E-state index is -1.16. The molecule has 10 nitrogen and oxygen atoms in total. The van der Waals surface area contributed by atoms with Crippen LogP contribution in [0.25, 0.3) is 10.9 Å². The minimum absolute atomic E-state index is 0.0411. The van der Waals surface area contributed by atoms with Crippen LogP contribution in [-0.2, 0) is 16.0 Å². The van der Waals surface area contributed by atoms with Crippen molar-refractivity contribution in [2.75, 3.05) is 26.8 Å². The first-order valence-corrected chi connectivity index (χ1v) is 16.4. The highest BCUT2D eigenvalue weighted by Crippen LogP contribution is 2.52. The van der Waals surface area contributed by atoms with E-state index in [0.717, 1.165) is 23.0 Å². The lowest BCUT2D eigenvalue weighted by Crippen LogP contribution is -2.56. The van der Waals surface area contributed by atoms with Crippen molar-refractivity contribution in [1.82, 2.24) is 15.2 Å². The number of rotatable bonds is 11. The maximum absolute atomic E-state index is 14.3. The third-order valence-corrected chi connectivity index (χ3v) is 10.6. The number of hydrogen-bond acceptors (Lipinski definition) is 7. The third-order valence-electron chi connectivity index (χ3n) is 10.6. The van der Waals surface area contributed by atoms with Crippen LogP contribution >= 0.6 is 0 Å². The maximum atomic E-state index is 14.3. The van der Waals surface area contributed by atoms with Crippen LogP contribution in [0.5, 0.6) is 11.5 Å². The first-order valence-electron chi connectivity index (χ1n) is 16.4. The highest BCUT2D eigenvalue weighted by molar-refractivity contribution is 5.96. The van der Waals surface area contributed by atoms with Gasteiger partial charge in [-0.05, 0) is 72.7 Å². The van der Waals surface area contributed by atoms with Crippen molar-refractivity contribution in [2.24, 2.45) is 17.8 Å². The second-order valence-corrected chi connectivity index (χ2v) is 13.3. The summed E-state index contributed by atoms with van der Waals surface area (Å²) in [6.45, 7) is 0.132. The quantitative estimate of drug-likeness (QED) is 0.239. The Labute approximate surface area is 267 Å². The number of benzene rings is 2. The van der Waals surface area contributed by atoms with Crippen LogP contribution in [-0.4, -0.2) is 83.3 Å². The van der Waals surface area contributed by atoms with Gasteiger partial charge in [-0.3, -0.25) is 14.4 Å². The number of amides is 2. The summed E-state index contributed by atoms with van der Waals surface area (Å²) in [5.41, 5.74) is 3.23. The van der Waals surface area contributed by atoms with Crippen LogP contribution in [0, 0.1) is 17.8 Å². The van der Waals surface area contributed by atoms with Crippen molar-refractivity contribution in [2.45, 2.75) is 62.7 Å². The Morgan fingerprint density at radius 3 is 2.74 bits per heavy atom. The molecule has 1 aliphatic heterocycles. The Hall–Kier alpha value is -4.15. The Kier molecular flexibility index (Phi) is 8.33. The Morgan fingerprint density at radius 1 is 1.17 bits per heavy atom. The van der Waals surface area contributed by atoms with Gasteiger partial charge in [0, 0.05) is 53.8 Å².